The van der Waals surface area contributed by atoms with Gasteiger partial charge in [-0.05, 0) is 115 Å². The minimum Gasteiger partial charge on any atom is -0.485 e. The molecule has 0 aliphatic carbocycles. The van der Waals surface area contributed by atoms with Gasteiger partial charge in [0.15, 0.2) is 6.79 Å². The van der Waals surface area contributed by atoms with Gasteiger partial charge in [0.1, 0.15) is 52.4 Å². The number of ether oxygens (including phenoxy) is 5. The number of benzene rings is 3. The van der Waals surface area contributed by atoms with E-state index < -0.39 is 83.3 Å². The number of nitriles is 3. The molecule has 3 aromatic carbocycles. The van der Waals surface area contributed by atoms with Gasteiger partial charge in [0.25, 0.3) is 0 Å². The van der Waals surface area contributed by atoms with E-state index >= 15 is 0 Å². The van der Waals surface area contributed by atoms with Gasteiger partial charge in [0, 0.05) is 62.3 Å². The van der Waals surface area contributed by atoms with Crippen molar-refractivity contribution >= 4 is 41.0 Å². The standard InChI is InChI=1S/C19H25N2O6P.C17H21N2O7P.C16H19N2O6P/c1-19(2)18(25-9-10-26-28(3,23)24)17(21-8-4-5-16(21)22)14-11-13(12-20)6-7-15(14)27-19;1-17(2)16(24-10-25-27(21,22)23)15(19-7-3-4-14(19)20)12-8-11(9-18)5-6-13(12)26-17;1-16(2)15(24-25(20,21)22)14(18-7-3-4-13(18)19)11-8-10(9-17)5-6-12(11)23-16/h6-7,11,17-18H,4-5,8-10H2,1-3H3,(H,23,24);5-6,8,15-16H,3-4,7,10H2,1-2H3,(H2,21,22,23);5-6,8,14-15H,3-4,7H2,1-2H3,(H2,20,21,22). The SMILES string of the molecule is CC1(C)Oc2ccc(C#N)cc2C(N2CCCC2=O)C1OCCOP(C)(=O)O.CC1(C)Oc2ccc(C#N)cc2C(N2CCCC2=O)C1OCOP(=O)(O)O.CC1(C)Oc2ccc(C#N)cc2C(N2CCCC2=O)C1OP(=O)(O)O. The van der Waals surface area contributed by atoms with Crippen molar-refractivity contribution in [3.05, 3.63) is 88.0 Å². The lowest BCUT2D eigenvalue weighted by atomic mass is 9.84. The number of hydrogen-bond donors (Lipinski definition) is 5. The quantitative estimate of drug-likeness (QED) is 0.0669. The summed E-state index contributed by atoms with van der Waals surface area (Å²) in [5.41, 5.74) is 0.396. The number of carbonyl (C=O) groups excluding carboxylic acids is 3. The topological polar surface area (TPSA) is 358 Å². The Morgan fingerprint density at radius 3 is 1.20 bits per heavy atom. The van der Waals surface area contributed by atoms with Crippen LogP contribution in [-0.4, -0.2) is 138 Å². The Bertz CT molecular complexity index is 3120. The monoisotopic (exact) mass is 1170 g/mol. The summed E-state index contributed by atoms with van der Waals surface area (Å²) in [4.78, 5) is 88.1. The van der Waals surface area contributed by atoms with Crippen LogP contribution < -0.4 is 14.2 Å². The molecule has 6 aliphatic heterocycles. The van der Waals surface area contributed by atoms with Gasteiger partial charge >= 0.3 is 23.2 Å². The molecule has 25 nitrogen and oxygen atoms in total. The van der Waals surface area contributed by atoms with Crippen molar-refractivity contribution in [1.82, 2.24) is 14.7 Å². The minimum atomic E-state index is -4.83. The van der Waals surface area contributed by atoms with E-state index in [1.807, 2.05) is 19.9 Å². The lowest BCUT2D eigenvalue weighted by molar-refractivity contribution is -0.166. The van der Waals surface area contributed by atoms with Crippen LogP contribution in [0.4, 0.5) is 0 Å². The second kappa shape index (κ2) is 24.4. The van der Waals surface area contributed by atoms with Gasteiger partial charge in [0.2, 0.25) is 17.7 Å². The van der Waals surface area contributed by atoms with Crippen LogP contribution in [0, 0.1) is 34.0 Å². The summed E-state index contributed by atoms with van der Waals surface area (Å²) in [6.45, 7) is 12.7. The van der Waals surface area contributed by atoms with E-state index in [9.17, 15) is 58.5 Å². The third kappa shape index (κ3) is 14.6. The molecule has 3 aromatic rings. The van der Waals surface area contributed by atoms with Gasteiger partial charge in [0.05, 0.1) is 66.2 Å². The number of phosphoric ester groups is 2. The van der Waals surface area contributed by atoms with Gasteiger partial charge in [-0.2, -0.15) is 15.8 Å². The van der Waals surface area contributed by atoms with Gasteiger partial charge in [-0.15, -0.1) is 0 Å². The summed E-state index contributed by atoms with van der Waals surface area (Å²) in [5, 5.41) is 27.7. The molecule has 6 aliphatic rings. The highest BCUT2D eigenvalue weighted by atomic mass is 31.2. The van der Waals surface area contributed by atoms with Crippen LogP contribution in [0.2, 0.25) is 0 Å². The molecular weight excluding hydrogens is 1110 g/mol. The second-order valence-corrected chi connectivity index (χ2v) is 25.7. The van der Waals surface area contributed by atoms with Crippen molar-refractivity contribution in [3.63, 3.8) is 0 Å². The Hall–Kier alpha value is -5.77. The molecule has 3 amide bonds. The number of likely N-dealkylation sites (tertiary alicyclic amines) is 3. The van der Waals surface area contributed by atoms with Crippen LogP contribution >= 0.6 is 23.2 Å². The van der Waals surface area contributed by atoms with Crippen molar-refractivity contribution in [3.8, 4) is 35.5 Å². The van der Waals surface area contributed by atoms with E-state index in [-0.39, 0.29) is 30.9 Å². The second-order valence-electron chi connectivity index (χ2n) is 21.4. The molecule has 28 heteroatoms. The van der Waals surface area contributed by atoms with E-state index in [1.165, 1.54) is 0 Å². The summed E-state index contributed by atoms with van der Waals surface area (Å²) < 4.78 is 77.9. The molecule has 0 spiro atoms. The fourth-order valence-electron chi connectivity index (χ4n) is 10.8. The average molecular weight is 1170 g/mol. The molecule has 7 atom stereocenters. The fraction of sp³-hybridized carbons (Fsp3) is 0.538. The number of fused-ring (bicyclic) bond motifs is 3. The molecule has 0 aromatic heterocycles. The van der Waals surface area contributed by atoms with Crippen LogP contribution in [0.3, 0.4) is 0 Å². The highest BCUT2D eigenvalue weighted by Crippen LogP contribution is 2.52. The number of amides is 3. The average Bonchev–Trinajstić information content (AvgIpc) is 4.26. The van der Waals surface area contributed by atoms with Gasteiger partial charge in [-0.25, -0.2) is 9.13 Å². The van der Waals surface area contributed by atoms with E-state index in [1.54, 1.807) is 97.0 Å². The first-order chi connectivity index (χ1) is 37.4. The number of hydrogen-bond acceptors (Lipinski definition) is 17. The smallest absolute Gasteiger partial charge is 0.471 e. The van der Waals surface area contributed by atoms with Crippen LogP contribution in [0.25, 0.3) is 0 Å². The largest absolute Gasteiger partial charge is 0.485 e. The first kappa shape index (κ1) is 61.8. The highest BCUT2D eigenvalue weighted by Gasteiger charge is 2.53. The minimum absolute atomic E-state index is 0.0364. The number of carbonyl (C=O) groups is 3. The zero-order valence-corrected chi connectivity index (χ0v) is 47.8. The molecule has 6 heterocycles. The Morgan fingerprint density at radius 2 is 0.887 bits per heavy atom. The molecule has 3 saturated heterocycles. The molecule has 7 unspecified atom stereocenters. The third-order valence-corrected chi connectivity index (χ3v) is 15.8. The van der Waals surface area contributed by atoms with E-state index in [0.29, 0.717) is 96.8 Å². The zero-order valence-electron chi connectivity index (χ0n) is 45.1. The van der Waals surface area contributed by atoms with Crippen molar-refractivity contribution in [1.29, 1.82) is 15.8 Å². The summed E-state index contributed by atoms with van der Waals surface area (Å²) >= 11 is 0. The van der Waals surface area contributed by atoms with Crippen LogP contribution in [-0.2, 0) is 51.1 Å². The van der Waals surface area contributed by atoms with Crippen molar-refractivity contribution in [2.24, 2.45) is 0 Å². The highest BCUT2D eigenvalue weighted by molar-refractivity contribution is 7.51. The Labute approximate surface area is 462 Å². The van der Waals surface area contributed by atoms with Crippen LogP contribution in [0.15, 0.2) is 54.6 Å². The zero-order chi connectivity index (χ0) is 58.8. The van der Waals surface area contributed by atoms with Crippen molar-refractivity contribution < 1.29 is 89.8 Å². The number of rotatable bonds is 14. The fourth-order valence-corrected chi connectivity index (χ4v) is 12.1. The molecule has 9 rings (SSSR count). The van der Waals surface area contributed by atoms with Crippen LogP contribution in [0.1, 0.15) is 132 Å². The summed E-state index contributed by atoms with van der Waals surface area (Å²) in [6, 6.07) is 19.5. The molecule has 3 fully saturated rings. The molecule has 0 bridgehead atoms. The molecular formula is C52H65N6O19P3. The summed E-state index contributed by atoms with van der Waals surface area (Å²) in [5.74, 6) is 1.51. The molecule has 0 saturated carbocycles. The summed E-state index contributed by atoms with van der Waals surface area (Å²) in [7, 11) is -13.1. The van der Waals surface area contributed by atoms with Crippen LogP contribution in [0.5, 0.6) is 17.2 Å². The predicted octanol–water partition coefficient (Wildman–Crippen LogP) is 6.33. The van der Waals surface area contributed by atoms with Gasteiger partial charge < -0.3 is 67.4 Å². The van der Waals surface area contributed by atoms with E-state index in [0.717, 1.165) is 18.6 Å². The first-order valence-corrected chi connectivity index (χ1v) is 30.6. The van der Waals surface area contributed by atoms with Gasteiger partial charge in [-0.3, -0.25) is 28.0 Å². The Morgan fingerprint density at radius 1 is 0.537 bits per heavy atom. The van der Waals surface area contributed by atoms with Crippen molar-refractivity contribution in [2.75, 3.05) is 46.3 Å². The maximum atomic E-state index is 12.5. The molecule has 5 N–H and O–H groups in total. The van der Waals surface area contributed by atoms with E-state index in [4.69, 9.17) is 42.5 Å². The number of nitrogens with zero attached hydrogens (tertiary/aromatic N) is 6. The predicted molar refractivity (Wildman–Crippen MR) is 280 cm³/mol. The van der Waals surface area contributed by atoms with Gasteiger partial charge in [-0.1, -0.05) is 0 Å². The molecule has 0 radical (unpaired) electrons. The third-order valence-electron chi connectivity index (χ3n) is 14.2. The lowest BCUT2D eigenvalue weighted by Gasteiger charge is -2.47. The summed E-state index contributed by atoms with van der Waals surface area (Å²) in [6.07, 6.45) is 1.01. The molecule has 80 heavy (non-hydrogen) atoms. The lowest BCUT2D eigenvalue weighted by Crippen LogP contribution is -2.55. The Kier molecular flexibility index (Phi) is 18.8. The van der Waals surface area contributed by atoms with E-state index in [2.05, 4.69) is 16.7 Å². The molecule has 432 valence electrons. The maximum absolute atomic E-state index is 12.5. The first-order valence-electron chi connectivity index (χ1n) is 25.6. The maximum Gasteiger partial charge on any atom is 0.471 e. The Balaban J connectivity index is 0.000000174. The van der Waals surface area contributed by atoms with Crippen molar-refractivity contribution in [2.45, 2.75) is 133 Å². The normalized spacial score (nSPS) is 25.0. The number of phosphoric acid groups is 2.